The van der Waals surface area contributed by atoms with E-state index in [1.807, 2.05) is 0 Å². The van der Waals surface area contributed by atoms with Crippen LogP contribution in [0.4, 0.5) is 26.3 Å². The lowest BCUT2D eigenvalue weighted by atomic mass is 10.2. The SMILES string of the molecule is Oc1cccc(OC(F)(F)F)c1OCc1cccc(OC(F)(F)F)c1. The lowest BCUT2D eigenvalue weighted by Crippen LogP contribution is -2.18. The molecule has 2 aromatic rings. The second kappa shape index (κ2) is 6.99. The topological polar surface area (TPSA) is 47.9 Å². The summed E-state index contributed by atoms with van der Waals surface area (Å²) in [5.74, 6) is -2.51. The number of ether oxygens (including phenoxy) is 3. The average molecular weight is 368 g/mol. The molecule has 0 atom stereocenters. The number of benzene rings is 2. The molecule has 0 saturated heterocycles. The molecule has 0 aromatic heterocycles. The highest BCUT2D eigenvalue weighted by Gasteiger charge is 2.33. The van der Waals surface area contributed by atoms with Crippen LogP contribution in [0.15, 0.2) is 42.5 Å². The molecule has 2 aromatic carbocycles. The van der Waals surface area contributed by atoms with Gasteiger partial charge in [-0.25, -0.2) is 0 Å². The standard InChI is InChI=1S/C15H10F6O4/c16-14(17,18)24-10-4-1-3-9(7-10)8-23-13-11(22)5-2-6-12(13)25-15(19,20)21/h1-7,22H,8H2. The van der Waals surface area contributed by atoms with E-state index in [4.69, 9.17) is 4.74 Å². The highest BCUT2D eigenvalue weighted by Crippen LogP contribution is 2.39. The first-order valence-electron chi connectivity index (χ1n) is 6.59. The molecular weight excluding hydrogens is 358 g/mol. The number of phenolic OH excluding ortho intramolecular Hbond substituents is 1. The third kappa shape index (κ3) is 5.98. The molecular formula is C15H10F6O4. The lowest BCUT2D eigenvalue weighted by Gasteiger charge is -2.15. The number of alkyl halides is 6. The number of hydrogen-bond acceptors (Lipinski definition) is 4. The summed E-state index contributed by atoms with van der Waals surface area (Å²) in [5.41, 5.74) is 0.169. The Kier molecular flexibility index (Phi) is 5.19. The van der Waals surface area contributed by atoms with Crippen molar-refractivity contribution in [3.63, 3.8) is 0 Å². The van der Waals surface area contributed by atoms with Gasteiger partial charge in [0.05, 0.1) is 0 Å². The summed E-state index contributed by atoms with van der Waals surface area (Å²) >= 11 is 0. The van der Waals surface area contributed by atoms with E-state index in [9.17, 15) is 31.4 Å². The Hall–Kier alpha value is -2.78. The van der Waals surface area contributed by atoms with E-state index < -0.39 is 42.3 Å². The molecule has 1 N–H and O–H groups in total. The lowest BCUT2D eigenvalue weighted by molar-refractivity contribution is -0.275. The van der Waals surface area contributed by atoms with E-state index in [0.717, 1.165) is 30.3 Å². The molecule has 25 heavy (non-hydrogen) atoms. The van der Waals surface area contributed by atoms with Gasteiger partial charge in [0, 0.05) is 0 Å². The van der Waals surface area contributed by atoms with E-state index in [1.165, 1.54) is 12.1 Å². The minimum atomic E-state index is -5.01. The van der Waals surface area contributed by atoms with Crippen LogP contribution < -0.4 is 14.2 Å². The zero-order chi connectivity index (χ0) is 18.7. The molecule has 0 aliphatic carbocycles. The summed E-state index contributed by atoms with van der Waals surface area (Å²) in [6.07, 6.45) is -9.89. The molecule has 0 aliphatic rings. The van der Waals surface area contributed by atoms with Crippen LogP contribution in [-0.2, 0) is 6.61 Å². The van der Waals surface area contributed by atoms with Crippen molar-refractivity contribution in [2.45, 2.75) is 19.3 Å². The fourth-order valence-corrected chi connectivity index (χ4v) is 1.84. The van der Waals surface area contributed by atoms with Gasteiger partial charge in [0.2, 0.25) is 5.75 Å². The van der Waals surface area contributed by atoms with Crippen LogP contribution >= 0.6 is 0 Å². The van der Waals surface area contributed by atoms with Gasteiger partial charge in [-0.1, -0.05) is 18.2 Å². The van der Waals surface area contributed by atoms with Crippen molar-refractivity contribution in [2.75, 3.05) is 0 Å². The summed E-state index contributed by atoms with van der Waals surface area (Å²) < 4.78 is 86.1. The van der Waals surface area contributed by atoms with Crippen molar-refractivity contribution in [1.29, 1.82) is 0 Å². The van der Waals surface area contributed by atoms with Gasteiger partial charge in [-0.05, 0) is 29.8 Å². The predicted octanol–water partition coefficient (Wildman–Crippen LogP) is 4.77. The molecule has 0 saturated carbocycles. The van der Waals surface area contributed by atoms with E-state index in [0.29, 0.717) is 0 Å². The van der Waals surface area contributed by atoms with Crippen molar-refractivity contribution in [2.24, 2.45) is 0 Å². The van der Waals surface area contributed by atoms with Crippen LogP contribution in [0.3, 0.4) is 0 Å². The molecule has 4 nitrogen and oxygen atoms in total. The number of halogens is 6. The first-order valence-corrected chi connectivity index (χ1v) is 6.59. The van der Waals surface area contributed by atoms with Crippen LogP contribution in [0.5, 0.6) is 23.0 Å². The van der Waals surface area contributed by atoms with Gasteiger partial charge < -0.3 is 19.3 Å². The summed E-state index contributed by atoms with van der Waals surface area (Å²) in [7, 11) is 0. The Labute approximate surface area is 137 Å². The molecule has 10 heteroatoms. The van der Waals surface area contributed by atoms with Crippen LogP contribution in [0.1, 0.15) is 5.56 Å². The first-order chi connectivity index (χ1) is 11.5. The monoisotopic (exact) mass is 368 g/mol. The molecule has 0 bridgehead atoms. The maximum absolute atomic E-state index is 12.3. The minimum Gasteiger partial charge on any atom is -0.504 e. The molecule has 0 heterocycles. The van der Waals surface area contributed by atoms with Crippen molar-refractivity contribution in [3.05, 3.63) is 48.0 Å². The number of phenols is 1. The minimum absolute atomic E-state index is 0.169. The Balaban J connectivity index is 2.15. The summed E-state index contributed by atoms with van der Waals surface area (Å²) in [5, 5.41) is 9.63. The fraction of sp³-hybridized carbons (Fsp3) is 0.200. The van der Waals surface area contributed by atoms with Crippen LogP contribution in [0.2, 0.25) is 0 Å². The second-order valence-corrected chi connectivity index (χ2v) is 4.64. The molecule has 0 radical (unpaired) electrons. The largest absolute Gasteiger partial charge is 0.573 e. The molecule has 0 aliphatic heterocycles. The summed E-state index contributed by atoms with van der Waals surface area (Å²) in [4.78, 5) is 0. The first kappa shape index (κ1) is 18.6. The zero-order valence-corrected chi connectivity index (χ0v) is 12.2. The third-order valence-electron chi connectivity index (χ3n) is 2.70. The van der Waals surface area contributed by atoms with E-state index in [2.05, 4.69) is 9.47 Å². The highest BCUT2D eigenvalue weighted by molar-refractivity contribution is 5.50. The quantitative estimate of drug-likeness (QED) is 0.773. The van der Waals surface area contributed by atoms with Gasteiger partial charge in [-0.15, -0.1) is 26.3 Å². The van der Waals surface area contributed by atoms with Gasteiger partial charge in [-0.3, -0.25) is 0 Å². The van der Waals surface area contributed by atoms with Crippen molar-refractivity contribution >= 4 is 0 Å². The number of para-hydroxylation sites is 1. The van der Waals surface area contributed by atoms with E-state index >= 15 is 0 Å². The fourth-order valence-electron chi connectivity index (χ4n) is 1.84. The van der Waals surface area contributed by atoms with Gasteiger partial charge in [-0.2, -0.15) is 0 Å². The Morgan fingerprint density at radius 2 is 1.48 bits per heavy atom. The second-order valence-electron chi connectivity index (χ2n) is 4.64. The van der Waals surface area contributed by atoms with Gasteiger partial charge in [0.15, 0.2) is 11.5 Å². The van der Waals surface area contributed by atoms with E-state index in [1.54, 1.807) is 0 Å². The molecule has 136 valence electrons. The zero-order valence-electron chi connectivity index (χ0n) is 12.2. The number of rotatable bonds is 5. The normalized spacial score (nSPS) is 11.9. The van der Waals surface area contributed by atoms with Crippen molar-refractivity contribution in [1.82, 2.24) is 0 Å². The molecule has 0 spiro atoms. The highest BCUT2D eigenvalue weighted by atomic mass is 19.4. The van der Waals surface area contributed by atoms with Crippen molar-refractivity contribution < 1.29 is 45.7 Å². The van der Waals surface area contributed by atoms with Crippen LogP contribution in [-0.4, -0.2) is 17.8 Å². The van der Waals surface area contributed by atoms with Crippen molar-refractivity contribution in [3.8, 4) is 23.0 Å². The molecule has 0 amide bonds. The molecule has 0 fully saturated rings. The van der Waals surface area contributed by atoms with Gasteiger partial charge in [0.1, 0.15) is 12.4 Å². The Morgan fingerprint density at radius 3 is 2.12 bits per heavy atom. The number of hydrogen-bond donors (Lipinski definition) is 1. The summed E-state index contributed by atoms with van der Waals surface area (Å²) in [6, 6.07) is 7.77. The van der Waals surface area contributed by atoms with Crippen LogP contribution in [0, 0.1) is 0 Å². The summed E-state index contributed by atoms with van der Waals surface area (Å²) in [6.45, 7) is -0.430. The van der Waals surface area contributed by atoms with E-state index in [-0.39, 0.29) is 5.56 Å². The van der Waals surface area contributed by atoms with Crippen LogP contribution in [0.25, 0.3) is 0 Å². The van der Waals surface area contributed by atoms with Gasteiger partial charge in [0.25, 0.3) is 0 Å². The predicted molar refractivity (Wildman–Crippen MR) is 72.2 cm³/mol. The molecule has 2 rings (SSSR count). The van der Waals surface area contributed by atoms with Gasteiger partial charge >= 0.3 is 12.7 Å². The maximum Gasteiger partial charge on any atom is 0.573 e. The smallest absolute Gasteiger partial charge is 0.504 e. The Morgan fingerprint density at radius 1 is 0.840 bits per heavy atom. The average Bonchev–Trinajstić information content (AvgIpc) is 2.43. The third-order valence-corrected chi connectivity index (χ3v) is 2.70. The maximum atomic E-state index is 12.3. The Bertz CT molecular complexity index is 727. The number of aromatic hydroxyl groups is 1. The molecule has 0 unspecified atom stereocenters.